The number of imidazole rings is 1. The molecule has 3 aromatic rings. The van der Waals surface area contributed by atoms with Crippen molar-refractivity contribution in [3.05, 3.63) is 60.4 Å². The summed E-state index contributed by atoms with van der Waals surface area (Å²) in [7, 11) is 0. The topological polar surface area (TPSA) is 67.7 Å². The van der Waals surface area contributed by atoms with Crippen molar-refractivity contribution in [3.63, 3.8) is 0 Å². The third-order valence-electron chi connectivity index (χ3n) is 4.92. The summed E-state index contributed by atoms with van der Waals surface area (Å²) in [4.78, 5) is 32.5. The predicted molar refractivity (Wildman–Crippen MR) is 106 cm³/mol. The van der Waals surface area contributed by atoms with Gasteiger partial charge in [0.25, 0.3) is 5.91 Å². The molecule has 1 fully saturated rings. The highest BCUT2D eigenvalue weighted by Crippen LogP contribution is 2.20. The SMILES string of the molecule is CCOC(=O)N1CCN(C(=O)c2ccc3c(c2)ncn3-c2ccccc2)CC1. The lowest BCUT2D eigenvalue weighted by molar-refractivity contribution is 0.0570. The van der Waals surface area contributed by atoms with Crippen molar-refractivity contribution in [1.29, 1.82) is 0 Å². The monoisotopic (exact) mass is 378 g/mol. The molecule has 7 heteroatoms. The second-order valence-electron chi connectivity index (χ2n) is 6.63. The molecule has 0 radical (unpaired) electrons. The molecule has 0 bridgehead atoms. The zero-order chi connectivity index (χ0) is 19.5. The van der Waals surface area contributed by atoms with Crippen molar-refractivity contribution in [1.82, 2.24) is 19.4 Å². The van der Waals surface area contributed by atoms with Gasteiger partial charge in [-0.1, -0.05) is 18.2 Å². The lowest BCUT2D eigenvalue weighted by atomic mass is 10.1. The highest BCUT2D eigenvalue weighted by Gasteiger charge is 2.25. The van der Waals surface area contributed by atoms with Crippen LogP contribution in [0.4, 0.5) is 4.79 Å². The number of carbonyl (C=O) groups excluding carboxylic acids is 2. The van der Waals surface area contributed by atoms with E-state index >= 15 is 0 Å². The Hall–Kier alpha value is -3.35. The average Bonchev–Trinajstić information content (AvgIpc) is 3.17. The third-order valence-corrected chi connectivity index (χ3v) is 4.92. The molecule has 0 unspecified atom stereocenters. The van der Waals surface area contributed by atoms with Crippen LogP contribution in [0.5, 0.6) is 0 Å². The van der Waals surface area contributed by atoms with E-state index in [1.807, 2.05) is 53.1 Å². The van der Waals surface area contributed by atoms with Crippen LogP contribution in [0.2, 0.25) is 0 Å². The number of para-hydroxylation sites is 1. The molecule has 2 aromatic carbocycles. The molecule has 144 valence electrons. The first kappa shape index (κ1) is 18.0. The van der Waals surface area contributed by atoms with Crippen LogP contribution < -0.4 is 0 Å². The number of hydrogen-bond acceptors (Lipinski definition) is 4. The maximum Gasteiger partial charge on any atom is 0.409 e. The van der Waals surface area contributed by atoms with Gasteiger partial charge in [0.1, 0.15) is 6.33 Å². The van der Waals surface area contributed by atoms with Crippen LogP contribution in [0.1, 0.15) is 17.3 Å². The number of fused-ring (bicyclic) bond motifs is 1. The van der Waals surface area contributed by atoms with Gasteiger partial charge in [-0.3, -0.25) is 9.36 Å². The van der Waals surface area contributed by atoms with E-state index in [0.29, 0.717) is 38.3 Å². The summed E-state index contributed by atoms with van der Waals surface area (Å²) in [6, 6.07) is 15.6. The van der Waals surface area contributed by atoms with Gasteiger partial charge < -0.3 is 14.5 Å². The minimum Gasteiger partial charge on any atom is -0.450 e. The minimum absolute atomic E-state index is 0.0420. The van der Waals surface area contributed by atoms with Crippen molar-refractivity contribution in [2.45, 2.75) is 6.92 Å². The standard InChI is InChI=1S/C21H22N4O3/c1-2-28-21(27)24-12-10-23(11-13-24)20(26)16-8-9-19-18(14-16)22-15-25(19)17-6-4-3-5-7-17/h3-9,14-15H,2,10-13H2,1H3. The first-order valence-electron chi connectivity index (χ1n) is 9.41. The predicted octanol–water partition coefficient (Wildman–Crippen LogP) is 2.94. The van der Waals surface area contributed by atoms with Crippen LogP contribution in [0, 0.1) is 0 Å². The zero-order valence-corrected chi connectivity index (χ0v) is 15.7. The van der Waals surface area contributed by atoms with Crippen molar-refractivity contribution >= 4 is 23.0 Å². The second-order valence-corrected chi connectivity index (χ2v) is 6.63. The van der Waals surface area contributed by atoms with Crippen LogP contribution in [-0.4, -0.2) is 64.1 Å². The lowest BCUT2D eigenvalue weighted by Gasteiger charge is -2.34. The number of carbonyl (C=O) groups is 2. The molecule has 1 aromatic heterocycles. The highest BCUT2D eigenvalue weighted by molar-refractivity contribution is 5.97. The molecule has 0 aliphatic carbocycles. The molecule has 28 heavy (non-hydrogen) atoms. The number of hydrogen-bond donors (Lipinski definition) is 0. The lowest BCUT2D eigenvalue weighted by Crippen LogP contribution is -2.50. The molecule has 0 spiro atoms. The Morgan fingerprint density at radius 2 is 1.71 bits per heavy atom. The third kappa shape index (κ3) is 3.43. The Labute approximate surface area is 163 Å². The first-order chi connectivity index (χ1) is 13.7. The fourth-order valence-electron chi connectivity index (χ4n) is 3.43. The zero-order valence-electron chi connectivity index (χ0n) is 15.7. The van der Waals surface area contributed by atoms with E-state index in [0.717, 1.165) is 16.7 Å². The van der Waals surface area contributed by atoms with Crippen molar-refractivity contribution in [2.75, 3.05) is 32.8 Å². The van der Waals surface area contributed by atoms with Crippen LogP contribution in [0.3, 0.4) is 0 Å². The highest BCUT2D eigenvalue weighted by atomic mass is 16.6. The van der Waals surface area contributed by atoms with Crippen molar-refractivity contribution < 1.29 is 14.3 Å². The van der Waals surface area contributed by atoms with E-state index in [-0.39, 0.29) is 12.0 Å². The fourth-order valence-corrected chi connectivity index (χ4v) is 3.43. The summed E-state index contributed by atoms with van der Waals surface area (Å²) >= 11 is 0. The largest absolute Gasteiger partial charge is 0.450 e. The molecule has 1 aliphatic heterocycles. The Kier molecular flexibility index (Phi) is 4.97. The van der Waals surface area contributed by atoms with Gasteiger partial charge in [-0.15, -0.1) is 0 Å². The van der Waals surface area contributed by atoms with E-state index in [2.05, 4.69) is 4.98 Å². The summed E-state index contributed by atoms with van der Waals surface area (Å²) in [6.45, 7) is 4.09. The summed E-state index contributed by atoms with van der Waals surface area (Å²) in [6.07, 6.45) is 1.45. The molecule has 0 saturated carbocycles. The van der Waals surface area contributed by atoms with E-state index in [4.69, 9.17) is 4.74 Å². The van der Waals surface area contributed by atoms with Crippen molar-refractivity contribution in [3.8, 4) is 5.69 Å². The molecular weight excluding hydrogens is 356 g/mol. The summed E-state index contributed by atoms with van der Waals surface area (Å²) in [5, 5.41) is 0. The Bertz CT molecular complexity index is 991. The number of amides is 2. The second kappa shape index (κ2) is 7.72. The fraction of sp³-hybridized carbons (Fsp3) is 0.286. The van der Waals surface area contributed by atoms with Gasteiger partial charge in [0.2, 0.25) is 0 Å². The molecule has 0 atom stereocenters. The van der Waals surface area contributed by atoms with E-state index in [9.17, 15) is 9.59 Å². The molecule has 4 rings (SSSR count). The molecular formula is C21H22N4O3. The van der Waals surface area contributed by atoms with Gasteiger partial charge in [-0.2, -0.15) is 0 Å². The molecule has 2 amide bonds. The summed E-state index contributed by atoms with van der Waals surface area (Å²) < 4.78 is 7.02. The Morgan fingerprint density at radius 3 is 2.43 bits per heavy atom. The molecule has 0 N–H and O–H groups in total. The Morgan fingerprint density at radius 1 is 1.00 bits per heavy atom. The Balaban J connectivity index is 1.49. The van der Waals surface area contributed by atoms with Gasteiger partial charge >= 0.3 is 6.09 Å². The molecule has 2 heterocycles. The normalized spacial score (nSPS) is 14.3. The van der Waals surface area contributed by atoms with E-state index in [1.165, 1.54) is 0 Å². The van der Waals surface area contributed by atoms with Gasteiger partial charge in [-0.25, -0.2) is 9.78 Å². The maximum atomic E-state index is 12.9. The number of benzene rings is 2. The first-order valence-corrected chi connectivity index (χ1v) is 9.41. The van der Waals surface area contributed by atoms with Gasteiger partial charge in [0, 0.05) is 37.4 Å². The van der Waals surface area contributed by atoms with Crippen LogP contribution >= 0.6 is 0 Å². The summed E-state index contributed by atoms with van der Waals surface area (Å²) in [5.41, 5.74) is 3.37. The quantitative estimate of drug-likeness (QED) is 0.703. The van der Waals surface area contributed by atoms with Gasteiger partial charge in [0.05, 0.1) is 17.6 Å². The van der Waals surface area contributed by atoms with Crippen LogP contribution in [-0.2, 0) is 4.74 Å². The molecule has 1 aliphatic rings. The van der Waals surface area contributed by atoms with Gasteiger partial charge in [0.15, 0.2) is 0 Å². The number of aromatic nitrogens is 2. The van der Waals surface area contributed by atoms with Crippen LogP contribution in [0.25, 0.3) is 16.7 Å². The summed E-state index contributed by atoms with van der Waals surface area (Å²) in [5.74, 6) is -0.0420. The minimum atomic E-state index is -0.317. The number of piperazine rings is 1. The number of rotatable bonds is 3. The number of nitrogens with zero attached hydrogens (tertiary/aromatic N) is 4. The number of ether oxygens (including phenoxy) is 1. The van der Waals surface area contributed by atoms with E-state index < -0.39 is 0 Å². The maximum absolute atomic E-state index is 12.9. The van der Waals surface area contributed by atoms with Crippen molar-refractivity contribution in [2.24, 2.45) is 0 Å². The molecule has 1 saturated heterocycles. The average molecular weight is 378 g/mol. The molecule has 7 nitrogen and oxygen atoms in total. The smallest absolute Gasteiger partial charge is 0.409 e. The van der Waals surface area contributed by atoms with Gasteiger partial charge in [-0.05, 0) is 37.3 Å². The van der Waals surface area contributed by atoms with Crippen LogP contribution in [0.15, 0.2) is 54.9 Å². The van der Waals surface area contributed by atoms with E-state index in [1.54, 1.807) is 23.1 Å².